The van der Waals surface area contributed by atoms with E-state index in [9.17, 15) is 0 Å². The van der Waals surface area contributed by atoms with E-state index in [1.807, 2.05) is 0 Å². The summed E-state index contributed by atoms with van der Waals surface area (Å²) in [5, 5.41) is 14.2. The van der Waals surface area contributed by atoms with Gasteiger partial charge in [-0.2, -0.15) is 11.8 Å². The second kappa shape index (κ2) is 6.10. The van der Waals surface area contributed by atoms with E-state index in [0.29, 0.717) is 18.5 Å². The highest BCUT2D eigenvalue weighted by atomic mass is 32.2. The topological polar surface area (TPSA) is 63.0 Å². The molecule has 0 fully saturated rings. The SMILES string of the molecule is CSCCNc1nnc(CNC(C)(C)C)o1. The number of rotatable bonds is 6. The van der Waals surface area contributed by atoms with E-state index in [1.165, 1.54) is 0 Å². The number of nitrogens with zero attached hydrogens (tertiary/aromatic N) is 2. The van der Waals surface area contributed by atoms with E-state index in [-0.39, 0.29) is 5.54 Å². The molecule has 0 radical (unpaired) electrons. The third-order valence-electron chi connectivity index (χ3n) is 1.82. The van der Waals surface area contributed by atoms with Crippen molar-refractivity contribution in [3.8, 4) is 0 Å². The van der Waals surface area contributed by atoms with Gasteiger partial charge in [0, 0.05) is 17.8 Å². The van der Waals surface area contributed by atoms with Crippen molar-refractivity contribution in [2.24, 2.45) is 0 Å². The summed E-state index contributed by atoms with van der Waals surface area (Å²) in [6.45, 7) is 7.74. The number of nitrogens with one attached hydrogen (secondary N) is 2. The summed E-state index contributed by atoms with van der Waals surface area (Å²) in [5.41, 5.74) is 0.0565. The second-order valence-electron chi connectivity index (χ2n) is 4.52. The predicted octanol–water partition coefficient (Wildman–Crippen LogP) is 1.73. The average Bonchev–Trinajstić information content (AvgIpc) is 2.62. The molecule has 0 aromatic carbocycles. The van der Waals surface area contributed by atoms with Crippen LogP contribution in [0.4, 0.5) is 6.01 Å². The summed E-state index contributed by atoms with van der Waals surface area (Å²) in [6, 6.07) is 0.500. The molecule has 16 heavy (non-hydrogen) atoms. The monoisotopic (exact) mass is 244 g/mol. The van der Waals surface area contributed by atoms with Gasteiger partial charge < -0.3 is 15.1 Å². The molecular formula is C10H20N4OS. The molecule has 0 bridgehead atoms. The molecule has 0 aliphatic carbocycles. The van der Waals surface area contributed by atoms with Crippen molar-refractivity contribution in [2.75, 3.05) is 23.9 Å². The minimum absolute atomic E-state index is 0.0565. The van der Waals surface area contributed by atoms with Gasteiger partial charge in [-0.05, 0) is 27.0 Å². The lowest BCUT2D eigenvalue weighted by atomic mass is 10.1. The molecular weight excluding hydrogens is 224 g/mol. The zero-order valence-corrected chi connectivity index (χ0v) is 11.1. The van der Waals surface area contributed by atoms with Crippen LogP contribution in [0.1, 0.15) is 26.7 Å². The smallest absolute Gasteiger partial charge is 0.315 e. The molecule has 0 saturated carbocycles. The van der Waals surface area contributed by atoms with Crippen LogP contribution in [0.25, 0.3) is 0 Å². The second-order valence-corrected chi connectivity index (χ2v) is 5.51. The molecule has 1 rings (SSSR count). The van der Waals surface area contributed by atoms with E-state index in [2.05, 4.69) is 47.9 Å². The molecule has 0 aliphatic rings. The fraction of sp³-hybridized carbons (Fsp3) is 0.800. The first kappa shape index (κ1) is 13.3. The van der Waals surface area contributed by atoms with Gasteiger partial charge in [-0.3, -0.25) is 0 Å². The van der Waals surface area contributed by atoms with Gasteiger partial charge in [0.15, 0.2) is 0 Å². The lowest BCUT2D eigenvalue weighted by Crippen LogP contribution is -2.35. The summed E-state index contributed by atoms with van der Waals surface area (Å²) in [4.78, 5) is 0. The van der Waals surface area contributed by atoms with Crippen LogP contribution in [0, 0.1) is 0 Å². The summed E-state index contributed by atoms with van der Waals surface area (Å²) in [5.74, 6) is 1.64. The van der Waals surface area contributed by atoms with E-state index < -0.39 is 0 Å². The van der Waals surface area contributed by atoms with Crippen molar-refractivity contribution in [3.05, 3.63) is 5.89 Å². The summed E-state index contributed by atoms with van der Waals surface area (Å²) >= 11 is 1.78. The number of hydrogen-bond acceptors (Lipinski definition) is 6. The first-order chi connectivity index (χ1) is 7.51. The Balaban J connectivity index is 2.33. The first-order valence-corrected chi connectivity index (χ1v) is 6.71. The molecule has 0 aliphatic heterocycles. The molecule has 6 heteroatoms. The van der Waals surface area contributed by atoms with Gasteiger partial charge >= 0.3 is 6.01 Å². The summed E-state index contributed by atoms with van der Waals surface area (Å²) in [6.07, 6.45) is 2.06. The molecule has 0 amide bonds. The maximum absolute atomic E-state index is 5.42. The van der Waals surface area contributed by atoms with E-state index in [4.69, 9.17) is 4.42 Å². The Morgan fingerprint density at radius 3 is 2.69 bits per heavy atom. The van der Waals surface area contributed by atoms with Crippen LogP contribution in [0.3, 0.4) is 0 Å². The van der Waals surface area contributed by atoms with Crippen molar-refractivity contribution >= 4 is 17.8 Å². The first-order valence-electron chi connectivity index (χ1n) is 5.31. The van der Waals surface area contributed by atoms with Crippen molar-refractivity contribution in [1.82, 2.24) is 15.5 Å². The molecule has 0 saturated heterocycles. The molecule has 5 nitrogen and oxygen atoms in total. The molecule has 2 N–H and O–H groups in total. The molecule has 0 atom stereocenters. The van der Waals surface area contributed by atoms with Gasteiger partial charge in [-0.25, -0.2) is 0 Å². The van der Waals surface area contributed by atoms with Gasteiger partial charge in [0.2, 0.25) is 5.89 Å². The zero-order chi connectivity index (χ0) is 12.0. The Labute approximate surface area is 101 Å². The molecule has 0 unspecified atom stereocenters. The normalized spacial score (nSPS) is 11.8. The largest absolute Gasteiger partial charge is 0.407 e. The predicted molar refractivity (Wildman–Crippen MR) is 67.8 cm³/mol. The summed E-state index contributed by atoms with van der Waals surface area (Å²) in [7, 11) is 0. The lowest BCUT2D eigenvalue weighted by molar-refractivity contribution is 0.384. The third kappa shape index (κ3) is 5.37. The van der Waals surface area contributed by atoms with Crippen LogP contribution >= 0.6 is 11.8 Å². The van der Waals surface area contributed by atoms with Crippen LogP contribution in [0.5, 0.6) is 0 Å². The van der Waals surface area contributed by atoms with Gasteiger partial charge in [-0.1, -0.05) is 5.10 Å². The number of anilines is 1. The van der Waals surface area contributed by atoms with Crippen LogP contribution in [-0.4, -0.2) is 34.3 Å². The Kier molecular flexibility index (Phi) is 5.08. The Morgan fingerprint density at radius 1 is 1.31 bits per heavy atom. The minimum atomic E-state index is 0.0565. The van der Waals surface area contributed by atoms with Crippen molar-refractivity contribution < 1.29 is 4.42 Å². The highest BCUT2D eigenvalue weighted by Crippen LogP contribution is 2.07. The third-order valence-corrected chi connectivity index (χ3v) is 2.43. The number of hydrogen-bond donors (Lipinski definition) is 2. The molecule has 1 aromatic heterocycles. The van der Waals surface area contributed by atoms with Crippen LogP contribution < -0.4 is 10.6 Å². The maximum atomic E-state index is 5.42. The molecule has 1 aromatic rings. The lowest BCUT2D eigenvalue weighted by Gasteiger charge is -2.18. The van der Waals surface area contributed by atoms with Crippen LogP contribution in [0.2, 0.25) is 0 Å². The highest BCUT2D eigenvalue weighted by molar-refractivity contribution is 7.98. The Bertz CT molecular complexity index is 308. The van der Waals surface area contributed by atoms with Crippen molar-refractivity contribution in [2.45, 2.75) is 32.9 Å². The van der Waals surface area contributed by atoms with Gasteiger partial charge in [0.05, 0.1) is 6.54 Å². The summed E-state index contributed by atoms with van der Waals surface area (Å²) < 4.78 is 5.42. The Morgan fingerprint density at radius 2 is 2.06 bits per heavy atom. The quantitative estimate of drug-likeness (QED) is 0.743. The standard InChI is InChI=1S/C10H20N4OS/c1-10(2,3)12-7-8-13-14-9(15-8)11-5-6-16-4/h12H,5-7H2,1-4H3,(H,11,14). The van der Waals surface area contributed by atoms with Gasteiger partial charge in [0.25, 0.3) is 0 Å². The zero-order valence-electron chi connectivity index (χ0n) is 10.3. The molecule has 0 spiro atoms. The fourth-order valence-electron chi connectivity index (χ4n) is 0.997. The van der Waals surface area contributed by atoms with Crippen molar-refractivity contribution in [3.63, 3.8) is 0 Å². The number of thioether (sulfide) groups is 1. The minimum Gasteiger partial charge on any atom is -0.407 e. The highest BCUT2D eigenvalue weighted by Gasteiger charge is 2.11. The van der Waals surface area contributed by atoms with E-state index in [0.717, 1.165) is 12.3 Å². The molecule has 1 heterocycles. The fourth-order valence-corrected chi connectivity index (χ4v) is 1.30. The Hall–Kier alpha value is -0.750. The molecule has 92 valence electrons. The van der Waals surface area contributed by atoms with Crippen LogP contribution in [0.15, 0.2) is 4.42 Å². The van der Waals surface area contributed by atoms with Gasteiger partial charge in [0.1, 0.15) is 0 Å². The average molecular weight is 244 g/mol. The number of aromatic nitrogens is 2. The maximum Gasteiger partial charge on any atom is 0.315 e. The van der Waals surface area contributed by atoms with E-state index >= 15 is 0 Å². The van der Waals surface area contributed by atoms with Crippen LogP contribution in [-0.2, 0) is 6.54 Å². The van der Waals surface area contributed by atoms with E-state index in [1.54, 1.807) is 11.8 Å². The van der Waals surface area contributed by atoms with Gasteiger partial charge in [-0.15, -0.1) is 5.10 Å². The van der Waals surface area contributed by atoms with Crippen molar-refractivity contribution in [1.29, 1.82) is 0 Å².